The number of hydrogen-bond acceptors (Lipinski definition) is 2. The van der Waals surface area contributed by atoms with Crippen molar-refractivity contribution < 1.29 is 0 Å². The highest BCUT2D eigenvalue weighted by molar-refractivity contribution is 5.90. The maximum absolute atomic E-state index is 8.95. The van der Waals surface area contributed by atoms with Crippen molar-refractivity contribution in [1.82, 2.24) is 4.98 Å². The van der Waals surface area contributed by atoms with Crippen molar-refractivity contribution in [2.75, 3.05) is 0 Å². The van der Waals surface area contributed by atoms with Crippen LogP contribution in [-0.4, -0.2) is 4.98 Å². The molecule has 2 aromatic rings. The summed E-state index contributed by atoms with van der Waals surface area (Å²) in [7, 11) is 0. The van der Waals surface area contributed by atoms with Gasteiger partial charge in [-0.1, -0.05) is 0 Å². The summed E-state index contributed by atoms with van der Waals surface area (Å²) in [6.07, 6.45) is 1.74. The van der Waals surface area contributed by atoms with Crippen LogP contribution in [0.3, 0.4) is 0 Å². The fourth-order valence-corrected chi connectivity index (χ4v) is 1.61. The Hall–Kier alpha value is -2.26. The van der Waals surface area contributed by atoms with E-state index in [9.17, 15) is 0 Å². The highest BCUT2D eigenvalue weighted by Gasteiger charge is 2.09. The molecule has 0 aliphatic rings. The Morgan fingerprint density at radius 1 is 1.29 bits per heavy atom. The van der Waals surface area contributed by atoms with Gasteiger partial charge in [-0.05, 0) is 24.6 Å². The zero-order valence-electron chi connectivity index (χ0n) is 7.63. The monoisotopic (exact) mass is 181 g/mol. The standard InChI is InChI=1S/C11H7N3/c1-7-4-8(5-12)11-9(2-3-14-11)10(7)6-13/h2-4,14H,1H3. The van der Waals surface area contributed by atoms with Crippen LogP contribution >= 0.6 is 0 Å². The molecule has 0 saturated carbocycles. The fraction of sp³-hybridized carbons (Fsp3) is 0.0909. The molecule has 0 aliphatic heterocycles. The number of rotatable bonds is 0. The molecule has 0 bridgehead atoms. The Labute approximate surface area is 81.2 Å². The lowest BCUT2D eigenvalue weighted by atomic mass is 10.0. The minimum absolute atomic E-state index is 0.585. The second-order valence-electron chi connectivity index (χ2n) is 3.11. The molecule has 1 aromatic heterocycles. The van der Waals surface area contributed by atoms with Crippen molar-refractivity contribution in [3.05, 3.63) is 35.0 Å². The first-order valence-corrected chi connectivity index (χ1v) is 4.19. The first-order chi connectivity index (χ1) is 6.77. The lowest BCUT2D eigenvalue weighted by Gasteiger charge is -2.00. The van der Waals surface area contributed by atoms with Crippen LogP contribution in [0.1, 0.15) is 16.7 Å². The van der Waals surface area contributed by atoms with Crippen molar-refractivity contribution in [3.63, 3.8) is 0 Å². The molecule has 2 rings (SSSR count). The zero-order valence-corrected chi connectivity index (χ0v) is 7.63. The minimum Gasteiger partial charge on any atom is -0.360 e. The van der Waals surface area contributed by atoms with Crippen LogP contribution in [0.4, 0.5) is 0 Å². The van der Waals surface area contributed by atoms with Crippen molar-refractivity contribution in [2.45, 2.75) is 6.92 Å². The third-order valence-electron chi connectivity index (χ3n) is 2.27. The highest BCUT2D eigenvalue weighted by Crippen LogP contribution is 2.23. The summed E-state index contributed by atoms with van der Waals surface area (Å²) in [5.41, 5.74) is 2.81. The Kier molecular flexibility index (Phi) is 1.73. The Morgan fingerprint density at radius 3 is 2.71 bits per heavy atom. The summed E-state index contributed by atoms with van der Waals surface area (Å²) in [5.74, 6) is 0. The average Bonchev–Trinajstić information content (AvgIpc) is 2.65. The second kappa shape index (κ2) is 2.90. The van der Waals surface area contributed by atoms with E-state index in [1.54, 1.807) is 12.3 Å². The molecule has 0 spiro atoms. The van der Waals surface area contributed by atoms with Crippen molar-refractivity contribution in [1.29, 1.82) is 10.5 Å². The first-order valence-electron chi connectivity index (χ1n) is 4.19. The lowest BCUT2D eigenvalue weighted by Crippen LogP contribution is -1.87. The average molecular weight is 181 g/mol. The molecule has 0 amide bonds. The van der Waals surface area contributed by atoms with Gasteiger partial charge in [-0.3, -0.25) is 0 Å². The van der Waals surface area contributed by atoms with Crippen LogP contribution in [0.5, 0.6) is 0 Å². The number of fused-ring (bicyclic) bond motifs is 1. The van der Waals surface area contributed by atoms with Gasteiger partial charge in [0.1, 0.15) is 12.1 Å². The zero-order chi connectivity index (χ0) is 10.1. The summed E-state index contributed by atoms with van der Waals surface area (Å²) in [6, 6.07) is 7.81. The highest BCUT2D eigenvalue weighted by atomic mass is 14.7. The number of aromatic nitrogens is 1. The second-order valence-corrected chi connectivity index (χ2v) is 3.11. The third kappa shape index (κ3) is 0.967. The first kappa shape index (κ1) is 8.34. The van der Waals surface area contributed by atoms with Crippen molar-refractivity contribution in [3.8, 4) is 12.1 Å². The molecule has 14 heavy (non-hydrogen) atoms. The van der Waals surface area contributed by atoms with Gasteiger partial charge in [-0.15, -0.1) is 0 Å². The van der Waals surface area contributed by atoms with Crippen LogP contribution in [0.25, 0.3) is 10.9 Å². The van der Waals surface area contributed by atoms with Crippen molar-refractivity contribution in [2.24, 2.45) is 0 Å². The third-order valence-corrected chi connectivity index (χ3v) is 2.27. The predicted octanol–water partition coefficient (Wildman–Crippen LogP) is 2.22. The lowest BCUT2D eigenvalue weighted by molar-refractivity contribution is 1.39. The quantitative estimate of drug-likeness (QED) is 0.677. The number of nitrogens with one attached hydrogen (secondary N) is 1. The SMILES string of the molecule is Cc1cc(C#N)c2[nH]ccc2c1C#N. The fourth-order valence-electron chi connectivity index (χ4n) is 1.61. The molecule has 1 aromatic carbocycles. The van der Waals surface area contributed by atoms with E-state index in [2.05, 4.69) is 17.1 Å². The summed E-state index contributed by atoms with van der Waals surface area (Å²) in [4.78, 5) is 2.97. The molecule has 0 saturated heterocycles. The summed E-state index contributed by atoms with van der Waals surface area (Å²) < 4.78 is 0. The van der Waals surface area contributed by atoms with Gasteiger partial charge in [0.2, 0.25) is 0 Å². The van der Waals surface area contributed by atoms with E-state index in [4.69, 9.17) is 10.5 Å². The van der Waals surface area contributed by atoms with Crippen LogP contribution in [0.2, 0.25) is 0 Å². The normalized spacial score (nSPS) is 9.64. The van der Waals surface area contributed by atoms with Gasteiger partial charge in [0.05, 0.1) is 16.6 Å². The molecule has 1 heterocycles. The van der Waals surface area contributed by atoms with Gasteiger partial charge in [0.25, 0.3) is 0 Å². The van der Waals surface area contributed by atoms with E-state index in [-0.39, 0.29) is 0 Å². The molecule has 0 unspecified atom stereocenters. The molecular formula is C11H7N3. The molecule has 0 aliphatic carbocycles. The molecule has 3 heteroatoms. The van der Waals surface area contributed by atoms with Gasteiger partial charge < -0.3 is 4.98 Å². The number of aromatic amines is 1. The largest absolute Gasteiger partial charge is 0.360 e. The van der Waals surface area contributed by atoms with E-state index in [0.29, 0.717) is 11.1 Å². The number of nitrogens with zero attached hydrogens (tertiary/aromatic N) is 2. The van der Waals surface area contributed by atoms with E-state index < -0.39 is 0 Å². The number of nitriles is 2. The smallest absolute Gasteiger partial charge is 0.101 e. The summed E-state index contributed by atoms with van der Waals surface area (Å²) >= 11 is 0. The summed E-state index contributed by atoms with van der Waals surface area (Å²) in [6.45, 7) is 1.84. The Bertz CT molecular complexity index is 579. The molecule has 1 N–H and O–H groups in total. The van der Waals surface area contributed by atoms with E-state index in [1.165, 1.54) is 0 Å². The number of benzene rings is 1. The molecule has 0 atom stereocenters. The van der Waals surface area contributed by atoms with Gasteiger partial charge >= 0.3 is 0 Å². The van der Waals surface area contributed by atoms with Gasteiger partial charge in [-0.2, -0.15) is 10.5 Å². The van der Waals surface area contributed by atoms with Crippen LogP contribution < -0.4 is 0 Å². The maximum Gasteiger partial charge on any atom is 0.101 e. The van der Waals surface area contributed by atoms with E-state index in [1.807, 2.05) is 13.0 Å². The minimum atomic E-state index is 0.585. The number of aryl methyl sites for hydroxylation is 1. The number of H-pyrrole nitrogens is 1. The topological polar surface area (TPSA) is 63.4 Å². The van der Waals surface area contributed by atoms with Crippen LogP contribution in [0, 0.1) is 29.6 Å². The molecule has 3 nitrogen and oxygen atoms in total. The van der Waals surface area contributed by atoms with Gasteiger partial charge in [-0.25, -0.2) is 0 Å². The molecule has 0 radical (unpaired) electrons. The molecule has 66 valence electrons. The predicted molar refractivity (Wildman–Crippen MR) is 52.5 cm³/mol. The Balaban J connectivity index is 3.00. The molecular weight excluding hydrogens is 174 g/mol. The van der Waals surface area contributed by atoms with Gasteiger partial charge in [0.15, 0.2) is 0 Å². The molecule has 0 fully saturated rings. The van der Waals surface area contributed by atoms with E-state index in [0.717, 1.165) is 16.5 Å². The summed E-state index contributed by atoms with van der Waals surface area (Å²) in [5, 5.41) is 18.7. The Morgan fingerprint density at radius 2 is 2.07 bits per heavy atom. The van der Waals surface area contributed by atoms with Crippen LogP contribution in [0.15, 0.2) is 18.3 Å². The van der Waals surface area contributed by atoms with Gasteiger partial charge in [0, 0.05) is 11.6 Å². The van der Waals surface area contributed by atoms with E-state index >= 15 is 0 Å². The number of hydrogen-bond donors (Lipinski definition) is 1. The van der Waals surface area contributed by atoms with Crippen LogP contribution in [-0.2, 0) is 0 Å². The van der Waals surface area contributed by atoms with Crippen molar-refractivity contribution >= 4 is 10.9 Å². The maximum atomic E-state index is 8.95.